The summed E-state index contributed by atoms with van der Waals surface area (Å²) < 4.78 is 11.5. The largest absolute Gasteiger partial charge is 0.507 e. The zero-order valence-corrected chi connectivity index (χ0v) is 22.7. The fourth-order valence-electron chi connectivity index (χ4n) is 4.58. The molecule has 0 saturated carbocycles. The van der Waals surface area contributed by atoms with E-state index < -0.39 is 17.7 Å². The first-order valence-electron chi connectivity index (χ1n) is 13.3. The summed E-state index contributed by atoms with van der Waals surface area (Å²) in [6.07, 6.45) is 1.60. The first kappa shape index (κ1) is 28.3. The molecule has 1 unspecified atom stereocenters. The van der Waals surface area contributed by atoms with Crippen LogP contribution in [0.15, 0.2) is 54.1 Å². The Kier molecular flexibility index (Phi) is 10.1. The van der Waals surface area contributed by atoms with E-state index in [0.29, 0.717) is 30.2 Å². The Bertz CT molecular complexity index is 1090. The fraction of sp³-hybridized carbons (Fsp3) is 0.467. The summed E-state index contributed by atoms with van der Waals surface area (Å²) in [4.78, 5) is 30.4. The van der Waals surface area contributed by atoms with E-state index in [1.165, 1.54) is 0 Å². The lowest BCUT2D eigenvalue weighted by Gasteiger charge is -2.27. The number of hydrogen-bond acceptors (Lipinski definition) is 6. The molecule has 0 aromatic heterocycles. The SMILES string of the molecule is CCCOc1cccc(C2C(=C(O)c3ccc(OC(C)C)cc3)C(=O)C(=O)N2CCCN(CC)CC)c1. The van der Waals surface area contributed by atoms with Crippen molar-refractivity contribution < 1.29 is 24.2 Å². The third kappa shape index (κ3) is 6.92. The lowest BCUT2D eigenvalue weighted by Crippen LogP contribution is -2.33. The maximum atomic E-state index is 13.3. The molecule has 1 N–H and O–H groups in total. The molecule has 0 spiro atoms. The predicted molar refractivity (Wildman–Crippen MR) is 146 cm³/mol. The zero-order chi connectivity index (χ0) is 26.9. The van der Waals surface area contributed by atoms with Gasteiger partial charge in [0.05, 0.1) is 24.3 Å². The summed E-state index contributed by atoms with van der Waals surface area (Å²) in [5.74, 6) is -0.118. The minimum Gasteiger partial charge on any atom is -0.507 e. The number of hydrogen-bond donors (Lipinski definition) is 1. The van der Waals surface area contributed by atoms with E-state index in [1.54, 1.807) is 29.2 Å². The van der Waals surface area contributed by atoms with E-state index >= 15 is 0 Å². The Morgan fingerprint density at radius 1 is 1.03 bits per heavy atom. The first-order chi connectivity index (χ1) is 17.8. The van der Waals surface area contributed by atoms with Crippen LogP contribution in [0.5, 0.6) is 11.5 Å². The first-order valence-corrected chi connectivity index (χ1v) is 13.3. The van der Waals surface area contributed by atoms with Crippen molar-refractivity contribution in [1.82, 2.24) is 9.80 Å². The molecule has 1 fully saturated rings. The average molecular weight is 509 g/mol. The molecular formula is C30H40N2O5. The van der Waals surface area contributed by atoms with Crippen molar-refractivity contribution >= 4 is 17.4 Å². The van der Waals surface area contributed by atoms with Crippen LogP contribution in [0.4, 0.5) is 0 Å². The van der Waals surface area contributed by atoms with Gasteiger partial charge in [-0.15, -0.1) is 0 Å². The van der Waals surface area contributed by atoms with E-state index in [2.05, 4.69) is 18.7 Å². The number of carbonyl (C=O) groups excluding carboxylic acids is 2. The minimum absolute atomic E-state index is 0.0170. The topological polar surface area (TPSA) is 79.3 Å². The Morgan fingerprint density at radius 2 is 1.73 bits per heavy atom. The van der Waals surface area contributed by atoms with E-state index in [1.807, 2.05) is 45.0 Å². The van der Waals surface area contributed by atoms with Crippen molar-refractivity contribution in [3.8, 4) is 11.5 Å². The molecule has 200 valence electrons. The van der Waals surface area contributed by atoms with Crippen LogP contribution in [0.2, 0.25) is 0 Å². The molecule has 0 aliphatic carbocycles. The second kappa shape index (κ2) is 13.3. The molecule has 0 bridgehead atoms. The average Bonchev–Trinajstić information content (AvgIpc) is 3.15. The van der Waals surface area contributed by atoms with Gasteiger partial charge in [0.15, 0.2) is 0 Å². The quantitative estimate of drug-likeness (QED) is 0.221. The summed E-state index contributed by atoms with van der Waals surface area (Å²) in [5.41, 5.74) is 1.29. The molecule has 3 rings (SSSR count). The number of amides is 1. The number of likely N-dealkylation sites (tertiary alicyclic amines) is 1. The van der Waals surface area contributed by atoms with Crippen LogP contribution in [0.1, 0.15) is 64.6 Å². The van der Waals surface area contributed by atoms with Gasteiger partial charge in [-0.3, -0.25) is 9.59 Å². The lowest BCUT2D eigenvalue weighted by atomic mass is 9.95. The summed E-state index contributed by atoms with van der Waals surface area (Å²) >= 11 is 0. The Hall–Kier alpha value is -3.32. The number of ether oxygens (including phenoxy) is 2. The van der Waals surface area contributed by atoms with Crippen molar-refractivity contribution in [3.05, 3.63) is 65.2 Å². The molecule has 7 heteroatoms. The number of aliphatic hydroxyl groups is 1. The molecular weight excluding hydrogens is 468 g/mol. The fourth-order valence-corrected chi connectivity index (χ4v) is 4.58. The molecule has 7 nitrogen and oxygen atoms in total. The minimum atomic E-state index is -0.700. The highest BCUT2D eigenvalue weighted by Crippen LogP contribution is 2.40. The van der Waals surface area contributed by atoms with Gasteiger partial charge >= 0.3 is 0 Å². The van der Waals surface area contributed by atoms with Gasteiger partial charge in [0.1, 0.15) is 17.3 Å². The molecule has 2 aromatic carbocycles. The van der Waals surface area contributed by atoms with Crippen molar-refractivity contribution in [2.75, 3.05) is 32.8 Å². The molecule has 1 atom stereocenters. The van der Waals surface area contributed by atoms with Gasteiger partial charge in [-0.05, 0) is 88.3 Å². The standard InChI is InChI=1S/C30H40N2O5/c1-6-19-36-25-12-9-11-23(20-25)27-26(28(33)22-13-15-24(16-14-22)37-21(4)5)29(34)30(35)32(27)18-10-17-31(7-2)8-3/h9,11-16,20-21,27,33H,6-8,10,17-19H2,1-5H3. The normalized spacial score (nSPS) is 17.2. The van der Waals surface area contributed by atoms with Crippen LogP contribution in [0.3, 0.4) is 0 Å². The zero-order valence-electron chi connectivity index (χ0n) is 22.7. The second-order valence-corrected chi connectivity index (χ2v) is 9.48. The molecule has 0 radical (unpaired) electrons. The summed E-state index contributed by atoms with van der Waals surface area (Å²) in [6.45, 7) is 13.8. The van der Waals surface area contributed by atoms with E-state index in [9.17, 15) is 14.7 Å². The van der Waals surface area contributed by atoms with Crippen LogP contribution < -0.4 is 9.47 Å². The molecule has 2 aromatic rings. The maximum absolute atomic E-state index is 13.3. The summed E-state index contributed by atoms with van der Waals surface area (Å²) in [6, 6.07) is 13.7. The number of ketones is 1. The van der Waals surface area contributed by atoms with E-state index in [-0.39, 0.29) is 17.4 Å². The van der Waals surface area contributed by atoms with Gasteiger partial charge in [0, 0.05) is 12.1 Å². The van der Waals surface area contributed by atoms with E-state index in [0.717, 1.165) is 38.0 Å². The highest BCUT2D eigenvalue weighted by atomic mass is 16.5. The molecule has 1 heterocycles. The number of carbonyl (C=O) groups is 2. The molecule has 1 aliphatic rings. The van der Waals surface area contributed by atoms with Crippen LogP contribution >= 0.6 is 0 Å². The molecule has 1 aliphatic heterocycles. The summed E-state index contributed by atoms with van der Waals surface area (Å²) in [7, 11) is 0. The van der Waals surface area contributed by atoms with E-state index in [4.69, 9.17) is 9.47 Å². The maximum Gasteiger partial charge on any atom is 0.295 e. The highest BCUT2D eigenvalue weighted by molar-refractivity contribution is 6.46. The van der Waals surface area contributed by atoms with Crippen molar-refractivity contribution in [2.24, 2.45) is 0 Å². The second-order valence-electron chi connectivity index (χ2n) is 9.48. The van der Waals surface area contributed by atoms with Crippen molar-refractivity contribution in [3.63, 3.8) is 0 Å². The van der Waals surface area contributed by atoms with Crippen molar-refractivity contribution in [1.29, 1.82) is 0 Å². The number of aliphatic hydroxyl groups excluding tert-OH is 1. The Morgan fingerprint density at radius 3 is 2.35 bits per heavy atom. The number of benzene rings is 2. The Balaban J connectivity index is 2.02. The van der Waals surface area contributed by atoms with Gasteiger partial charge in [0.25, 0.3) is 11.7 Å². The van der Waals surface area contributed by atoms with Gasteiger partial charge in [-0.2, -0.15) is 0 Å². The van der Waals surface area contributed by atoms with Gasteiger partial charge < -0.3 is 24.4 Å². The van der Waals surface area contributed by atoms with Crippen molar-refractivity contribution in [2.45, 2.75) is 59.6 Å². The monoisotopic (exact) mass is 508 g/mol. The predicted octanol–water partition coefficient (Wildman–Crippen LogP) is 5.42. The number of nitrogens with zero attached hydrogens (tertiary/aromatic N) is 2. The molecule has 37 heavy (non-hydrogen) atoms. The third-order valence-electron chi connectivity index (χ3n) is 6.45. The van der Waals surface area contributed by atoms with Crippen LogP contribution in [-0.2, 0) is 9.59 Å². The number of Topliss-reactive ketones (excluding diaryl/α,β-unsaturated/α-hetero) is 1. The number of rotatable bonds is 13. The van der Waals surface area contributed by atoms with Gasteiger partial charge in [-0.1, -0.05) is 32.9 Å². The molecule has 1 saturated heterocycles. The lowest BCUT2D eigenvalue weighted by molar-refractivity contribution is -0.140. The van der Waals surface area contributed by atoms with Crippen LogP contribution in [-0.4, -0.2) is 65.5 Å². The smallest absolute Gasteiger partial charge is 0.295 e. The highest BCUT2D eigenvalue weighted by Gasteiger charge is 2.45. The van der Waals surface area contributed by atoms with Crippen LogP contribution in [0.25, 0.3) is 5.76 Å². The van der Waals surface area contributed by atoms with Gasteiger partial charge in [0.2, 0.25) is 0 Å². The Labute approximate surface area is 220 Å². The third-order valence-corrected chi connectivity index (χ3v) is 6.45. The summed E-state index contributed by atoms with van der Waals surface area (Å²) in [5, 5.41) is 11.3. The van der Waals surface area contributed by atoms with Crippen LogP contribution in [0, 0.1) is 0 Å². The molecule has 1 amide bonds. The van der Waals surface area contributed by atoms with Gasteiger partial charge in [-0.25, -0.2) is 0 Å².